The Bertz CT molecular complexity index is 906. The van der Waals surface area contributed by atoms with Gasteiger partial charge in [-0.25, -0.2) is 4.98 Å². The normalized spacial score (nSPS) is 11.8. The second kappa shape index (κ2) is 7.87. The zero-order valence-electron chi connectivity index (χ0n) is 14.1. The summed E-state index contributed by atoms with van der Waals surface area (Å²) in [6.45, 7) is 3.19. The molecule has 0 radical (unpaired) electrons. The number of amides is 1. The lowest BCUT2D eigenvalue weighted by atomic mass is 10.3. The molecule has 0 aliphatic heterocycles. The molecule has 26 heavy (non-hydrogen) atoms. The summed E-state index contributed by atoms with van der Waals surface area (Å²) in [6, 6.07) is 7.11. The Labute approximate surface area is 153 Å². The molecular weight excluding hydrogens is 356 g/mol. The number of thiazole rings is 1. The first kappa shape index (κ1) is 17.7. The number of ether oxygens (including phenoxy) is 1. The highest BCUT2D eigenvalue weighted by Crippen LogP contribution is 2.21. The van der Waals surface area contributed by atoms with Crippen LogP contribution in [0.15, 0.2) is 40.4 Å². The SMILES string of the molecule is Cc1cc(NC(=O)[C@H](C)OC(=O)Cc2csc(-c3ccccn3)n2)no1. The highest BCUT2D eigenvalue weighted by atomic mass is 32.1. The fraction of sp³-hybridized carbons (Fsp3) is 0.235. The highest BCUT2D eigenvalue weighted by Gasteiger charge is 2.20. The van der Waals surface area contributed by atoms with E-state index in [0.29, 0.717) is 11.5 Å². The van der Waals surface area contributed by atoms with Crippen LogP contribution in [0, 0.1) is 6.92 Å². The van der Waals surface area contributed by atoms with Crippen molar-refractivity contribution in [3.05, 3.63) is 47.3 Å². The van der Waals surface area contributed by atoms with E-state index in [9.17, 15) is 9.59 Å². The van der Waals surface area contributed by atoms with Gasteiger partial charge in [0.15, 0.2) is 11.9 Å². The van der Waals surface area contributed by atoms with E-state index in [4.69, 9.17) is 9.26 Å². The van der Waals surface area contributed by atoms with Crippen LogP contribution < -0.4 is 5.32 Å². The Morgan fingerprint density at radius 2 is 2.23 bits per heavy atom. The molecule has 1 amide bonds. The fourth-order valence-electron chi connectivity index (χ4n) is 2.09. The van der Waals surface area contributed by atoms with Gasteiger partial charge in [0.25, 0.3) is 5.91 Å². The summed E-state index contributed by atoms with van der Waals surface area (Å²) in [6.07, 6.45) is 0.694. The second-order valence-corrected chi connectivity index (χ2v) is 6.34. The average Bonchev–Trinajstić information content (AvgIpc) is 3.24. The largest absolute Gasteiger partial charge is 0.452 e. The quantitative estimate of drug-likeness (QED) is 0.663. The number of hydrogen-bond donors (Lipinski definition) is 1. The Morgan fingerprint density at radius 3 is 2.92 bits per heavy atom. The molecule has 3 aromatic heterocycles. The maximum atomic E-state index is 12.0. The molecule has 0 saturated carbocycles. The summed E-state index contributed by atoms with van der Waals surface area (Å²) >= 11 is 1.39. The summed E-state index contributed by atoms with van der Waals surface area (Å²) in [5.41, 5.74) is 1.31. The minimum absolute atomic E-state index is 0.0238. The number of aromatic nitrogens is 3. The van der Waals surface area contributed by atoms with Gasteiger partial charge in [-0.3, -0.25) is 14.6 Å². The van der Waals surface area contributed by atoms with E-state index in [2.05, 4.69) is 20.4 Å². The molecule has 1 atom stereocenters. The Balaban J connectivity index is 1.53. The third-order valence-corrected chi connectivity index (χ3v) is 4.23. The molecule has 1 N–H and O–H groups in total. The number of aryl methyl sites for hydroxylation is 1. The smallest absolute Gasteiger partial charge is 0.312 e. The Kier molecular flexibility index (Phi) is 5.37. The number of carbonyl (C=O) groups excluding carboxylic acids is 2. The van der Waals surface area contributed by atoms with E-state index in [-0.39, 0.29) is 12.2 Å². The van der Waals surface area contributed by atoms with Gasteiger partial charge in [-0.2, -0.15) is 0 Å². The number of hydrogen-bond acceptors (Lipinski definition) is 8. The van der Waals surface area contributed by atoms with E-state index in [1.54, 1.807) is 24.6 Å². The van der Waals surface area contributed by atoms with Crippen molar-refractivity contribution in [3.63, 3.8) is 0 Å². The number of rotatable bonds is 6. The number of nitrogens with one attached hydrogen (secondary N) is 1. The van der Waals surface area contributed by atoms with Gasteiger partial charge in [-0.15, -0.1) is 11.3 Å². The van der Waals surface area contributed by atoms with Gasteiger partial charge in [-0.05, 0) is 26.0 Å². The van der Waals surface area contributed by atoms with Crippen LogP contribution in [0.4, 0.5) is 5.82 Å². The molecule has 134 valence electrons. The van der Waals surface area contributed by atoms with E-state index in [1.165, 1.54) is 18.3 Å². The van der Waals surface area contributed by atoms with Gasteiger partial charge in [0.1, 0.15) is 10.8 Å². The molecule has 8 nitrogen and oxygen atoms in total. The predicted molar refractivity (Wildman–Crippen MR) is 94.5 cm³/mol. The van der Waals surface area contributed by atoms with E-state index >= 15 is 0 Å². The number of carbonyl (C=O) groups is 2. The van der Waals surface area contributed by atoms with Gasteiger partial charge >= 0.3 is 5.97 Å². The Hall–Kier alpha value is -3.07. The maximum Gasteiger partial charge on any atom is 0.312 e. The Morgan fingerprint density at radius 1 is 1.38 bits per heavy atom. The number of esters is 1. The van der Waals surface area contributed by atoms with Crippen molar-refractivity contribution in [2.75, 3.05) is 5.32 Å². The standard InChI is InChI=1S/C17H16N4O4S/c1-10-7-14(21-25-10)20-16(23)11(2)24-15(22)8-12-9-26-17(19-12)13-5-3-4-6-18-13/h3-7,9,11H,8H2,1-2H3,(H,20,21,23)/t11-/m0/s1. The molecule has 0 aliphatic carbocycles. The van der Waals surface area contributed by atoms with Crippen LogP contribution in [0.25, 0.3) is 10.7 Å². The molecule has 3 rings (SSSR count). The van der Waals surface area contributed by atoms with Crippen molar-refractivity contribution in [2.24, 2.45) is 0 Å². The zero-order valence-corrected chi connectivity index (χ0v) is 14.9. The van der Waals surface area contributed by atoms with Gasteiger partial charge < -0.3 is 14.6 Å². The second-order valence-electron chi connectivity index (χ2n) is 5.48. The van der Waals surface area contributed by atoms with Crippen molar-refractivity contribution in [2.45, 2.75) is 26.4 Å². The molecular formula is C17H16N4O4S. The number of anilines is 1. The first-order valence-electron chi connectivity index (χ1n) is 7.81. The highest BCUT2D eigenvalue weighted by molar-refractivity contribution is 7.13. The van der Waals surface area contributed by atoms with Crippen molar-refractivity contribution in [1.29, 1.82) is 0 Å². The van der Waals surface area contributed by atoms with Crippen LogP contribution in [0.3, 0.4) is 0 Å². The molecule has 0 saturated heterocycles. The van der Waals surface area contributed by atoms with Crippen LogP contribution in [0.1, 0.15) is 18.4 Å². The molecule has 3 aromatic rings. The van der Waals surface area contributed by atoms with E-state index < -0.39 is 18.0 Å². The van der Waals surface area contributed by atoms with Gasteiger partial charge in [0, 0.05) is 17.6 Å². The molecule has 3 heterocycles. The van der Waals surface area contributed by atoms with Crippen molar-refractivity contribution >= 4 is 29.0 Å². The van der Waals surface area contributed by atoms with Crippen molar-refractivity contribution in [1.82, 2.24) is 15.1 Å². The van der Waals surface area contributed by atoms with E-state index in [0.717, 1.165) is 10.7 Å². The lowest BCUT2D eigenvalue weighted by Crippen LogP contribution is -2.30. The zero-order chi connectivity index (χ0) is 18.5. The van der Waals surface area contributed by atoms with Crippen molar-refractivity contribution < 1.29 is 18.8 Å². The summed E-state index contributed by atoms with van der Waals surface area (Å²) in [7, 11) is 0. The number of pyridine rings is 1. The van der Waals surface area contributed by atoms with Crippen LogP contribution in [-0.4, -0.2) is 33.1 Å². The lowest BCUT2D eigenvalue weighted by molar-refractivity contribution is -0.152. The van der Waals surface area contributed by atoms with Crippen LogP contribution in [0.2, 0.25) is 0 Å². The summed E-state index contributed by atoms with van der Waals surface area (Å²) < 4.78 is 10.0. The van der Waals surface area contributed by atoms with Crippen LogP contribution in [0.5, 0.6) is 0 Å². The summed E-state index contributed by atoms with van der Waals surface area (Å²) in [4.78, 5) is 32.6. The van der Waals surface area contributed by atoms with Crippen LogP contribution >= 0.6 is 11.3 Å². The minimum Gasteiger partial charge on any atom is -0.452 e. The van der Waals surface area contributed by atoms with Crippen molar-refractivity contribution in [3.8, 4) is 10.7 Å². The molecule has 0 spiro atoms. The molecule has 0 aromatic carbocycles. The molecule has 0 unspecified atom stereocenters. The average molecular weight is 372 g/mol. The minimum atomic E-state index is -0.964. The first-order chi connectivity index (χ1) is 12.5. The molecule has 9 heteroatoms. The first-order valence-corrected chi connectivity index (χ1v) is 8.68. The predicted octanol–water partition coefficient (Wildman–Crippen LogP) is 2.61. The van der Waals surface area contributed by atoms with Crippen LogP contribution in [-0.2, 0) is 20.7 Å². The van der Waals surface area contributed by atoms with E-state index in [1.807, 2.05) is 18.2 Å². The molecule has 0 aliphatic rings. The molecule has 0 fully saturated rings. The maximum absolute atomic E-state index is 12.0. The lowest BCUT2D eigenvalue weighted by Gasteiger charge is -2.11. The fourth-order valence-corrected chi connectivity index (χ4v) is 2.88. The monoisotopic (exact) mass is 372 g/mol. The van der Waals surface area contributed by atoms with Gasteiger partial charge in [-0.1, -0.05) is 11.2 Å². The third-order valence-electron chi connectivity index (χ3n) is 3.32. The van der Waals surface area contributed by atoms with Gasteiger partial charge in [0.2, 0.25) is 0 Å². The third kappa shape index (κ3) is 4.51. The number of nitrogens with zero attached hydrogens (tertiary/aromatic N) is 3. The van der Waals surface area contributed by atoms with Gasteiger partial charge in [0.05, 0.1) is 17.8 Å². The molecule has 0 bridgehead atoms. The topological polar surface area (TPSA) is 107 Å². The summed E-state index contributed by atoms with van der Waals surface area (Å²) in [5.74, 6) is -0.187. The summed E-state index contributed by atoms with van der Waals surface area (Å²) in [5, 5.41) is 8.66.